The summed E-state index contributed by atoms with van der Waals surface area (Å²) in [6, 6.07) is -0.330. The van der Waals surface area contributed by atoms with Gasteiger partial charge in [0.25, 0.3) is 0 Å². The summed E-state index contributed by atoms with van der Waals surface area (Å²) in [7, 11) is 0. The molecule has 0 aromatic rings. The molecule has 2 aliphatic rings. The first kappa shape index (κ1) is 19.3. The minimum atomic E-state index is -0.443. The van der Waals surface area contributed by atoms with Crippen molar-refractivity contribution in [3.05, 3.63) is 11.6 Å². The molecule has 2 heterocycles. The Labute approximate surface area is 143 Å². The van der Waals surface area contributed by atoms with Crippen LogP contribution in [0.2, 0.25) is 0 Å². The van der Waals surface area contributed by atoms with Gasteiger partial charge in [-0.15, -0.1) is 24.2 Å². The Balaban J connectivity index is 0.00000242. The third-order valence-electron chi connectivity index (χ3n) is 3.74. The van der Waals surface area contributed by atoms with E-state index >= 15 is 0 Å². The molecule has 0 bridgehead atoms. The summed E-state index contributed by atoms with van der Waals surface area (Å²) in [6.07, 6.45) is 3.11. The van der Waals surface area contributed by atoms with Crippen molar-refractivity contribution in [3.63, 3.8) is 0 Å². The number of carbonyl (C=O) groups excluding carboxylic acids is 2. The minimum Gasteiger partial charge on any atom is -0.351 e. The highest BCUT2D eigenvalue weighted by Crippen LogP contribution is 2.27. The molecular formula is C15H26ClN3O2S. The molecule has 126 valence electrons. The number of halogens is 1. The second-order valence-electron chi connectivity index (χ2n) is 6.57. The number of hydrogen-bond donors (Lipinski definition) is 2. The van der Waals surface area contributed by atoms with Crippen molar-refractivity contribution in [2.75, 3.05) is 31.3 Å². The summed E-state index contributed by atoms with van der Waals surface area (Å²) in [6.45, 7) is 8.13. The molecule has 5 nitrogen and oxygen atoms in total. The smallest absolute Gasteiger partial charge is 0.243 e. The molecule has 1 saturated heterocycles. The van der Waals surface area contributed by atoms with Gasteiger partial charge in [-0.3, -0.25) is 9.59 Å². The number of hydrogen-bond acceptors (Lipinski definition) is 4. The number of thioether (sulfide) groups is 1. The summed E-state index contributed by atoms with van der Waals surface area (Å²) in [5.74, 6) is 1.32. The number of nitrogens with one attached hydrogen (secondary N) is 2. The summed E-state index contributed by atoms with van der Waals surface area (Å²) in [5, 5.41) is 6.24. The van der Waals surface area contributed by atoms with Gasteiger partial charge in [0.05, 0.1) is 5.88 Å². The molecule has 0 aromatic carbocycles. The van der Waals surface area contributed by atoms with Crippen LogP contribution < -0.4 is 10.6 Å². The lowest BCUT2D eigenvalue weighted by molar-refractivity contribution is -0.144. The van der Waals surface area contributed by atoms with E-state index < -0.39 is 5.41 Å². The SMILES string of the molecule is CC(C)(C)C(=O)N1CSCC1C(=O)NCC1=CCNCC1.Cl. The molecule has 2 aliphatic heterocycles. The van der Waals surface area contributed by atoms with Crippen LogP contribution >= 0.6 is 24.2 Å². The van der Waals surface area contributed by atoms with Gasteiger partial charge < -0.3 is 15.5 Å². The van der Waals surface area contributed by atoms with Crippen molar-refractivity contribution in [1.29, 1.82) is 0 Å². The highest BCUT2D eigenvalue weighted by Gasteiger charge is 2.38. The minimum absolute atomic E-state index is 0. The van der Waals surface area contributed by atoms with Gasteiger partial charge in [-0.2, -0.15) is 0 Å². The van der Waals surface area contributed by atoms with Crippen molar-refractivity contribution in [2.45, 2.75) is 33.2 Å². The van der Waals surface area contributed by atoms with Crippen LogP contribution in [-0.4, -0.2) is 54.0 Å². The first-order valence-corrected chi connectivity index (χ1v) is 8.60. The molecule has 1 atom stereocenters. The lowest BCUT2D eigenvalue weighted by Crippen LogP contribution is -2.50. The Kier molecular flexibility index (Phi) is 7.22. The van der Waals surface area contributed by atoms with Crippen LogP contribution in [-0.2, 0) is 9.59 Å². The number of rotatable bonds is 3. The van der Waals surface area contributed by atoms with Gasteiger partial charge in [0.2, 0.25) is 11.8 Å². The molecule has 0 aromatic heterocycles. The van der Waals surface area contributed by atoms with Crippen LogP contribution in [0.3, 0.4) is 0 Å². The maximum atomic E-state index is 12.4. The molecule has 0 saturated carbocycles. The van der Waals surface area contributed by atoms with E-state index in [4.69, 9.17) is 0 Å². The molecule has 2 rings (SSSR count). The summed E-state index contributed by atoms with van der Waals surface area (Å²) >= 11 is 1.64. The fraction of sp³-hybridized carbons (Fsp3) is 0.733. The number of nitrogens with zero attached hydrogens (tertiary/aromatic N) is 1. The van der Waals surface area contributed by atoms with Crippen LogP contribution in [0, 0.1) is 5.41 Å². The van der Waals surface area contributed by atoms with Gasteiger partial charge in [0, 0.05) is 24.3 Å². The van der Waals surface area contributed by atoms with E-state index in [0.717, 1.165) is 19.5 Å². The van der Waals surface area contributed by atoms with E-state index in [0.29, 0.717) is 18.2 Å². The fourth-order valence-electron chi connectivity index (χ4n) is 2.44. The molecular weight excluding hydrogens is 322 g/mol. The zero-order chi connectivity index (χ0) is 15.5. The Hall–Kier alpha value is -0.720. The Morgan fingerprint density at radius 2 is 2.18 bits per heavy atom. The average Bonchev–Trinajstić information content (AvgIpc) is 2.93. The van der Waals surface area contributed by atoms with Crippen molar-refractivity contribution in [2.24, 2.45) is 5.41 Å². The quantitative estimate of drug-likeness (QED) is 0.757. The molecule has 22 heavy (non-hydrogen) atoms. The summed E-state index contributed by atoms with van der Waals surface area (Å²) in [5.41, 5.74) is 0.822. The first-order valence-electron chi connectivity index (χ1n) is 7.45. The van der Waals surface area contributed by atoms with Crippen LogP contribution in [0.25, 0.3) is 0 Å². The van der Waals surface area contributed by atoms with E-state index in [2.05, 4.69) is 16.7 Å². The standard InChI is InChI=1S/C15H25N3O2S.ClH/c1-15(2,3)14(20)18-10-21-9-12(18)13(19)17-8-11-4-6-16-7-5-11;/h4,12,16H,5-10H2,1-3H3,(H,17,19);1H. The van der Waals surface area contributed by atoms with Gasteiger partial charge in [-0.1, -0.05) is 32.4 Å². The number of amides is 2. The summed E-state index contributed by atoms with van der Waals surface area (Å²) < 4.78 is 0. The van der Waals surface area contributed by atoms with Crippen LogP contribution in [0.15, 0.2) is 11.6 Å². The van der Waals surface area contributed by atoms with Crippen LogP contribution in [0.1, 0.15) is 27.2 Å². The van der Waals surface area contributed by atoms with Crippen molar-refractivity contribution < 1.29 is 9.59 Å². The Morgan fingerprint density at radius 1 is 1.45 bits per heavy atom. The average molecular weight is 348 g/mol. The highest BCUT2D eigenvalue weighted by molar-refractivity contribution is 7.99. The lowest BCUT2D eigenvalue weighted by atomic mass is 9.94. The van der Waals surface area contributed by atoms with Gasteiger partial charge in [-0.05, 0) is 13.0 Å². The van der Waals surface area contributed by atoms with Gasteiger partial charge >= 0.3 is 0 Å². The maximum Gasteiger partial charge on any atom is 0.243 e. The van der Waals surface area contributed by atoms with Crippen molar-refractivity contribution >= 4 is 36.0 Å². The molecule has 0 aliphatic carbocycles. The molecule has 2 amide bonds. The third-order valence-corrected chi connectivity index (χ3v) is 4.75. The van der Waals surface area contributed by atoms with Crippen LogP contribution in [0.5, 0.6) is 0 Å². The summed E-state index contributed by atoms with van der Waals surface area (Å²) in [4.78, 5) is 26.5. The lowest BCUT2D eigenvalue weighted by Gasteiger charge is -2.29. The highest BCUT2D eigenvalue weighted by atomic mass is 35.5. The van der Waals surface area contributed by atoms with E-state index in [1.54, 1.807) is 16.7 Å². The third kappa shape index (κ3) is 4.89. The molecule has 1 fully saturated rings. The molecule has 7 heteroatoms. The van der Waals surface area contributed by atoms with Gasteiger partial charge in [0.1, 0.15) is 6.04 Å². The predicted octanol–water partition coefficient (Wildman–Crippen LogP) is 1.39. The maximum absolute atomic E-state index is 12.4. The Bertz CT molecular complexity index is 449. The van der Waals surface area contributed by atoms with Crippen molar-refractivity contribution in [3.8, 4) is 0 Å². The topological polar surface area (TPSA) is 61.4 Å². The van der Waals surface area contributed by atoms with E-state index in [9.17, 15) is 9.59 Å². The molecule has 1 unspecified atom stereocenters. The molecule has 0 spiro atoms. The second-order valence-corrected chi connectivity index (χ2v) is 7.57. The first-order chi connectivity index (χ1) is 9.89. The zero-order valence-corrected chi connectivity index (χ0v) is 15.1. The second kappa shape index (κ2) is 8.22. The van der Waals surface area contributed by atoms with Crippen molar-refractivity contribution in [1.82, 2.24) is 15.5 Å². The molecule has 0 radical (unpaired) electrons. The van der Waals surface area contributed by atoms with E-state index in [1.807, 2.05) is 20.8 Å². The van der Waals surface area contributed by atoms with Gasteiger partial charge in [0.15, 0.2) is 0 Å². The zero-order valence-electron chi connectivity index (χ0n) is 13.5. The van der Waals surface area contributed by atoms with E-state index in [1.165, 1.54) is 5.57 Å². The van der Waals surface area contributed by atoms with Crippen LogP contribution in [0.4, 0.5) is 0 Å². The fourth-order valence-corrected chi connectivity index (χ4v) is 3.59. The monoisotopic (exact) mass is 347 g/mol. The van der Waals surface area contributed by atoms with E-state index in [-0.39, 0.29) is 30.3 Å². The molecule has 2 N–H and O–H groups in total. The van der Waals surface area contributed by atoms with Gasteiger partial charge in [-0.25, -0.2) is 0 Å². The number of carbonyl (C=O) groups is 2. The Morgan fingerprint density at radius 3 is 2.77 bits per heavy atom. The normalized spacial score (nSPS) is 21.9. The predicted molar refractivity (Wildman–Crippen MR) is 93.2 cm³/mol. The largest absolute Gasteiger partial charge is 0.351 e.